The number of rotatable bonds is 5. The number of carbonyl (C=O) groups is 2. The lowest BCUT2D eigenvalue weighted by molar-refractivity contribution is -0.130. The molecule has 2 aliphatic heterocycles. The summed E-state index contributed by atoms with van der Waals surface area (Å²) < 4.78 is 5.33. The van der Waals surface area contributed by atoms with Gasteiger partial charge in [0.25, 0.3) is 5.91 Å². The Morgan fingerprint density at radius 1 is 0.914 bits per heavy atom. The minimum atomic E-state index is 0.0252. The van der Waals surface area contributed by atoms with Crippen LogP contribution < -0.4 is 10.1 Å². The van der Waals surface area contributed by atoms with Crippen molar-refractivity contribution in [3.05, 3.63) is 90.0 Å². The highest BCUT2D eigenvalue weighted by atomic mass is 16.5. The lowest BCUT2D eigenvalue weighted by Gasteiger charge is -2.39. The Morgan fingerprint density at radius 3 is 2.34 bits per heavy atom. The fourth-order valence-corrected chi connectivity index (χ4v) is 5.61. The van der Waals surface area contributed by atoms with Gasteiger partial charge in [0.05, 0.1) is 18.4 Å². The topological polar surface area (TPSA) is 61.9 Å². The Bertz CT molecular complexity index is 1200. The summed E-state index contributed by atoms with van der Waals surface area (Å²) in [7, 11) is 1.66. The summed E-state index contributed by atoms with van der Waals surface area (Å²) in [5.74, 6) is 1.32. The number of carbonyl (C=O) groups excluding carboxylic acids is 2. The Balaban J connectivity index is 1.39. The predicted octanol–water partition coefficient (Wildman–Crippen LogP) is 4.92. The van der Waals surface area contributed by atoms with Gasteiger partial charge >= 0.3 is 0 Å². The van der Waals surface area contributed by atoms with E-state index in [9.17, 15) is 9.59 Å². The number of para-hydroxylation sites is 2. The SMILES string of the molecule is COc1ccc([C@H]2CN(C(C)=O)[C@@H]3CCN(C(=O)c4ccccc4Nc4ccccc4)C[C@H]23)cc1. The third-order valence-electron chi connectivity index (χ3n) is 7.38. The molecule has 0 aliphatic carbocycles. The van der Waals surface area contributed by atoms with E-state index >= 15 is 0 Å². The third-order valence-corrected chi connectivity index (χ3v) is 7.38. The van der Waals surface area contributed by atoms with Gasteiger partial charge in [0.15, 0.2) is 0 Å². The molecule has 1 N–H and O–H groups in total. The summed E-state index contributed by atoms with van der Waals surface area (Å²) >= 11 is 0. The van der Waals surface area contributed by atoms with Gasteiger partial charge in [-0.1, -0.05) is 42.5 Å². The van der Waals surface area contributed by atoms with Gasteiger partial charge in [0.2, 0.25) is 5.91 Å². The maximum Gasteiger partial charge on any atom is 0.255 e. The van der Waals surface area contributed by atoms with Crippen molar-refractivity contribution in [1.82, 2.24) is 9.80 Å². The second-order valence-corrected chi connectivity index (χ2v) is 9.36. The molecular weight excluding hydrogens is 438 g/mol. The summed E-state index contributed by atoms with van der Waals surface area (Å²) in [6, 6.07) is 25.8. The molecule has 0 bridgehead atoms. The maximum atomic E-state index is 13.7. The molecule has 3 aromatic carbocycles. The molecule has 3 aromatic rings. The first-order valence-electron chi connectivity index (χ1n) is 12.2. The molecule has 0 aromatic heterocycles. The summed E-state index contributed by atoms with van der Waals surface area (Å²) in [5, 5.41) is 3.39. The molecule has 2 saturated heterocycles. The molecule has 2 amide bonds. The summed E-state index contributed by atoms with van der Waals surface area (Å²) in [6.07, 6.45) is 0.789. The largest absolute Gasteiger partial charge is 0.497 e. The van der Waals surface area contributed by atoms with Gasteiger partial charge < -0.3 is 19.9 Å². The summed E-state index contributed by atoms with van der Waals surface area (Å²) in [6.45, 7) is 3.60. The Labute approximate surface area is 206 Å². The number of nitrogens with zero attached hydrogens (tertiary/aromatic N) is 2. The summed E-state index contributed by atoms with van der Waals surface area (Å²) in [5.41, 5.74) is 3.59. The van der Waals surface area contributed by atoms with Crippen LogP contribution in [0.15, 0.2) is 78.9 Å². The molecule has 180 valence electrons. The molecule has 0 spiro atoms. The molecule has 5 rings (SSSR count). The van der Waals surface area contributed by atoms with Crippen LogP contribution in [0.1, 0.15) is 35.2 Å². The molecule has 2 aliphatic rings. The number of hydrogen-bond donors (Lipinski definition) is 1. The van der Waals surface area contributed by atoms with Crippen LogP contribution in [0, 0.1) is 5.92 Å². The number of nitrogens with one attached hydrogen (secondary N) is 1. The van der Waals surface area contributed by atoms with E-state index in [1.54, 1.807) is 14.0 Å². The Hall–Kier alpha value is -3.80. The Kier molecular flexibility index (Phi) is 6.45. The van der Waals surface area contributed by atoms with Crippen molar-refractivity contribution >= 4 is 23.2 Å². The average molecular weight is 470 g/mol. The quantitative estimate of drug-likeness (QED) is 0.577. The molecule has 6 nitrogen and oxygen atoms in total. The standard InChI is InChI=1S/C29H31N3O3/c1-20(33)32-19-25(21-12-14-23(35-2)15-13-21)26-18-31(17-16-28(26)32)29(34)24-10-6-7-11-27(24)30-22-8-4-3-5-9-22/h3-15,25-26,28,30H,16-19H2,1-2H3/t25-,26-,28-/m1/s1. The number of fused-ring (bicyclic) bond motifs is 1. The van der Waals surface area contributed by atoms with E-state index in [0.29, 0.717) is 25.2 Å². The molecule has 0 unspecified atom stereocenters. The monoisotopic (exact) mass is 469 g/mol. The maximum absolute atomic E-state index is 13.7. The first-order valence-corrected chi connectivity index (χ1v) is 12.2. The zero-order chi connectivity index (χ0) is 24.4. The number of hydrogen-bond acceptors (Lipinski definition) is 4. The van der Waals surface area contributed by atoms with Crippen LogP contribution in [0.4, 0.5) is 11.4 Å². The van der Waals surface area contributed by atoms with Gasteiger partial charge in [0, 0.05) is 50.1 Å². The van der Waals surface area contributed by atoms with E-state index in [1.165, 1.54) is 5.56 Å². The van der Waals surface area contributed by atoms with Crippen LogP contribution in [-0.4, -0.2) is 54.4 Å². The third kappa shape index (κ3) is 4.61. The zero-order valence-electron chi connectivity index (χ0n) is 20.2. The van der Waals surface area contributed by atoms with Crippen LogP contribution in [0.5, 0.6) is 5.75 Å². The van der Waals surface area contributed by atoms with Crippen LogP contribution in [0.25, 0.3) is 0 Å². The lowest BCUT2D eigenvalue weighted by Crippen LogP contribution is -2.49. The van der Waals surface area contributed by atoms with Gasteiger partial charge in [-0.05, 0) is 48.4 Å². The molecule has 35 heavy (non-hydrogen) atoms. The van der Waals surface area contributed by atoms with Gasteiger partial charge in [-0.2, -0.15) is 0 Å². The number of likely N-dealkylation sites (tertiary alicyclic amines) is 2. The summed E-state index contributed by atoms with van der Waals surface area (Å²) in [4.78, 5) is 30.2. The smallest absolute Gasteiger partial charge is 0.255 e. The van der Waals surface area contributed by atoms with Crippen LogP contribution in [0.2, 0.25) is 0 Å². The number of methoxy groups -OCH3 is 1. The molecule has 2 heterocycles. The number of benzene rings is 3. The minimum Gasteiger partial charge on any atom is -0.497 e. The van der Waals surface area contributed by atoms with Crippen molar-refractivity contribution in [2.75, 3.05) is 32.1 Å². The highest BCUT2D eigenvalue weighted by molar-refractivity contribution is 6.00. The van der Waals surface area contributed by atoms with Crippen molar-refractivity contribution in [2.45, 2.75) is 25.3 Å². The average Bonchev–Trinajstić information content (AvgIpc) is 3.28. The zero-order valence-corrected chi connectivity index (χ0v) is 20.2. The van der Waals surface area contributed by atoms with E-state index < -0.39 is 0 Å². The molecule has 0 saturated carbocycles. The van der Waals surface area contributed by atoms with Gasteiger partial charge in [-0.15, -0.1) is 0 Å². The molecular formula is C29H31N3O3. The fraction of sp³-hybridized carbons (Fsp3) is 0.310. The lowest BCUT2D eigenvalue weighted by atomic mass is 9.81. The van der Waals surface area contributed by atoms with Crippen molar-refractivity contribution in [3.63, 3.8) is 0 Å². The molecule has 3 atom stereocenters. The highest BCUT2D eigenvalue weighted by Crippen LogP contribution is 2.42. The van der Waals surface area contributed by atoms with Crippen LogP contribution >= 0.6 is 0 Å². The van der Waals surface area contributed by atoms with Crippen molar-refractivity contribution in [2.24, 2.45) is 5.92 Å². The number of piperidine rings is 1. The van der Waals surface area contributed by atoms with E-state index in [2.05, 4.69) is 17.4 Å². The minimum absolute atomic E-state index is 0.0252. The first kappa shape index (κ1) is 23.0. The molecule has 2 fully saturated rings. The normalized spacial score (nSPS) is 21.4. The van der Waals surface area contributed by atoms with E-state index in [4.69, 9.17) is 4.74 Å². The van der Waals surface area contributed by atoms with E-state index in [-0.39, 0.29) is 29.7 Å². The second-order valence-electron chi connectivity index (χ2n) is 9.36. The number of ether oxygens (including phenoxy) is 1. The molecule has 6 heteroatoms. The van der Waals surface area contributed by atoms with Crippen LogP contribution in [-0.2, 0) is 4.79 Å². The first-order chi connectivity index (χ1) is 17.0. The highest BCUT2D eigenvalue weighted by Gasteiger charge is 2.47. The number of amides is 2. The van der Waals surface area contributed by atoms with Gasteiger partial charge in [-0.25, -0.2) is 0 Å². The Morgan fingerprint density at radius 2 is 1.63 bits per heavy atom. The second kappa shape index (κ2) is 9.82. The number of anilines is 2. The molecule has 0 radical (unpaired) electrons. The van der Waals surface area contributed by atoms with Crippen LogP contribution in [0.3, 0.4) is 0 Å². The van der Waals surface area contributed by atoms with Crippen molar-refractivity contribution in [1.29, 1.82) is 0 Å². The van der Waals surface area contributed by atoms with Gasteiger partial charge in [0.1, 0.15) is 5.75 Å². The van der Waals surface area contributed by atoms with Gasteiger partial charge in [-0.3, -0.25) is 9.59 Å². The van der Waals surface area contributed by atoms with E-state index in [1.807, 2.05) is 76.5 Å². The van der Waals surface area contributed by atoms with Crippen molar-refractivity contribution in [3.8, 4) is 5.75 Å². The van der Waals surface area contributed by atoms with Crippen molar-refractivity contribution < 1.29 is 14.3 Å². The fourth-order valence-electron chi connectivity index (χ4n) is 5.61. The predicted molar refractivity (Wildman–Crippen MR) is 137 cm³/mol. The van der Waals surface area contributed by atoms with E-state index in [0.717, 1.165) is 23.5 Å².